The molecule has 0 unspecified atom stereocenters. The summed E-state index contributed by atoms with van der Waals surface area (Å²) in [5, 5.41) is 0. The lowest BCUT2D eigenvalue weighted by Crippen LogP contribution is -2.26. The Morgan fingerprint density at radius 3 is 2.67 bits per heavy atom. The molecule has 0 radical (unpaired) electrons. The summed E-state index contributed by atoms with van der Waals surface area (Å²) in [5.74, 6) is 1.83. The van der Waals surface area contributed by atoms with E-state index in [1.807, 2.05) is 6.07 Å². The zero-order valence-electron chi connectivity index (χ0n) is 9.54. The molecule has 0 atom stereocenters. The third-order valence-corrected chi connectivity index (χ3v) is 2.91. The highest BCUT2D eigenvalue weighted by Gasteiger charge is 2.18. The van der Waals surface area contributed by atoms with Crippen LogP contribution in [-0.2, 0) is 13.0 Å². The van der Waals surface area contributed by atoms with Crippen LogP contribution in [-0.4, -0.2) is 32.7 Å². The fourth-order valence-electron chi connectivity index (χ4n) is 2.07. The topological polar surface area (TPSA) is 21.7 Å². The number of nitrogens with zero attached hydrogens (tertiary/aromatic N) is 1. The number of rotatable bonds is 2. The Bertz CT molecular complexity index is 363. The van der Waals surface area contributed by atoms with Crippen molar-refractivity contribution in [3.8, 4) is 11.5 Å². The third kappa shape index (κ3) is 1.92. The van der Waals surface area contributed by atoms with Gasteiger partial charge in [0.25, 0.3) is 0 Å². The number of ether oxygens (including phenoxy) is 2. The van der Waals surface area contributed by atoms with Gasteiger partial charge in [0.15, 0.2) is 0 Å². The minimum atomic E-state index is 0.876. The summed E-state index contributed by atoms with van der Waals surface area (Å²) in [6.45, 7) is 2.07. The van der Waals surface area contributed by atoms with Crippen LogP contribution in [0.1, 0.15) is 11.1 Å². The minimum Gasteiger partial charge on any atom is -0.497 e. The molecule has 3 heteroatoms. The quantitative estimate of drug-likeness (QED) is 0.736. The molecule has 0 aromatic heterocycles. The maximum Gasteiger partial charge on any atom is 0.126 e. The van der Waals surface area contributed by atoms with Crippen molar-refractivity contribution >= 4 is 0 Å². The SMILES string of the molecule is COc1cc2c(c(OC)c1)CCN(C)C2. The van der Waals surface area contributed by atoms with Gasteiger partial charge < -0.3 is 14.4 Å². The highest BCUT2D eigenvalue weighted by atomic mass is 16.5. The molecule has 1 heterocycles. The van der Waals surface area contributed by atoms with E-state index in [1.165, 1.54) is 11.1 Å². The number of fused-ring (bicyclic) bond motifs is 1. The summed E-state index contributed by atoms with van der Waals surface area (Å²) in [7, 11) is 5.54. The molecule has 1 aromatic rings. The first-order chi connectivity index (χ1) is 7.24. The predicted molar refractivity (Wildman–Crippen MR) is 59.6 cm³/mol. The lowest BCUT2D eigenvalue weighted by molar-refractivity contribution is 0.304. The van der Waals surface area contributed by atoms with Crippen molar-refractivity contribution in [1.82, 2.24) is 4.90 Å². The molecule has 0 saturated carbocycles. The van der Waals surface area contributed by atoms with Gasteiger partial charge in [-0.25, -0.2) is 0 Å². The van der Waals surface area contributed by atoms with Gasteiger partial charge in [0.1, 0.15) is 11.5 Å². The number of hydrogen-bond acceptors (Lipinski definition) is 3. The molecule has 15 heavy (non-hydrogen) atoms. The van der Waals surface area contributed by atoms with Gasteiger partial charge in [-0.3, -0.25) is 0 Å². The molecule has 2 rings (SSSR count). The third-order valence-electron chi connectivity index (χ3n) is 2.91. The average Bonchev–Trinajstić information content (AvgIpc) is 2.26. The summed E-state index contributed by atoms with van der Waals surface area (Å²) >= 11 is 0. The first kappa shape index (κ1) is 10.3. The molecule has 0 fully saturated rings. The number of likely N-dealkylation sites (N-methyl/N-ethyl adjacent to an activating group) is 1. The van der Waals surface area contributed by atoms with E-state index in [4.69, 9.17) is 9.47 Å². The van der Waals surface area contributed by atoms with Crippen LogP contribution in [0, 0.1) is 0 Å². The lowest BCUT2D eigenvalue weighted by Gasteiger charge is -2.26. The van der Waals surface area contributed by atoms with Crippen molar-refractivity contribution in [3.63, 3.8) is 0 Å². The van der Waals surface area contributed by atoms with Crippen LogP contribution in [0.3, 0.4) is 0 Å². The summed E-state index contributed by atoms with van der Waals surface area (Å²) < 4.78 is 10.7. The smallest absolute Gasteiger partial charge is 0.126 e. The number of benzene rings is 1. The normalized spacial score (nSPS) is 15.9. The van der Waals surface area contributed by atoms with Gasteiger partial charge in [-0.05, 0) is 25.1 Å². The fourth-order valence-corrected chi connectivity index (χ4v) is 2.07. The van der Waals surface area contributed by atoms with E-state index < -0.39 is 0 Å². The van der Waals surface area contributed by atoms with Crippen LogP contribution in [0.2, 0.25) is 0 Å². The molecular formula is C12H17NO2. The minimum absolute atomic E-state index is 0.876. The van der Waals surface area contributed by atoms with Gasteiger partial charge in [-0.2, -0.15) is 0 Å². The molecule has 0 saturated heterocycles. The maximum atomic E-state index is 5.39. The molecular weight excluding hydrogens is 190 g/mol. The first-order valence-electron chi connectivity index (χ1n) is 5.17. The van der Waals surface area contributed by atoms with Gasteiger partial charge >= 0.3 is 0 Å². The van der Waals surface area contributed by atoms with Crippen LogP contribution in [0.5, 0.6) is 11.5 Å². The monoisotopic (exact) mass is 207 g/mol. The van der Waals surface area contributed by atoms with E-state index in [2.05, 4.69) is 18.0 Å². The van der Waals surface area contributed by atoms with Gasteiger partial charge in [0.05, 0.1) is 14.2 Å². The zero-order chi connectivity index (χ0) is 10.8. The highest BCUT2D eigenvalue weighted by molar-refractivity contribution is 5.47. The first-order valence-corrected chi connectivity index (χ1v) is 5.17. The molecule has 3 nitrogen and oxygen atoms in total. The molecule has 0 N–H and O–H groups in total. The number of hydrogen-bond donors (Lipinski definition) is 0. The molecule has 0 amide bonds. The maximum absolute atomic E-state index is 5.39. The highest BCUT2D eigenvalue weighted by Crippen LogP contribution is 2.32. The second-order valence-corrected chi connectivity index (χ2v) is 3.96. The van der Waals surface area contributed by atoms with Crippen LogP contribution < -0.4 is 9.47 Å². The molecule has 1 aromatic carbocycles. The standard InChI is InChI=1S/C12H17NO2/c1-13-5-4-11-9(8-13)6-10(14-2)7-12(11)15-3/h6-7H,4-5,8H2,1-3H3. The second-order valence-electron chi connectivity index (χ2n) is 3.96. The molecule has 0 spiro atoms. The van der Waals surface area contributed by atoms with Gasteiger partial charge in [0.2, 0.25) is 0 Å². The molecule has 0 bridgehead atoms. The Hall–Kier alpha value is -1.22. The molecule has 1 aliphatic heterocycles. The average molecular weight is 207 g/mol. The van der Waals surface area contributed by atoms with Crippen molar-refractivity contribution in [1.29, 1.82) is 0 Å². The number of methoxy groups -OCH3 is 2. The Morgan fingerprint density at radius 2 is 2.00 bits per heavy atom. The van der Waals surface area contributed by atoms with E-state index in [-0.39, 0.29) is 0 Å². The molecule has 82 valence electrons. The fraction of sp³-hybridized carbons (Fsp3) is 0.500. The summed E-state index contributed by atoms with van der Waals surface area (Å²) in [6, 6.07) is 4.07. The van der Waals surface area contributed by atoms with E-state index in [9.17, 15) is 0 Å². The van der Waals surface area contributed by atoms with E-state index >= 15 is 0 Å². The zero-order valence-corrected chi connectivity index (χ0v) is 9.54. The van der Waals surface area contributed by atoms with Crippen molar-refractivity contribution in [2.45, 2.75) is 13.0 Å². The Kier molecular flexibility index (Phi) is 2.82. The van der Waals surface area contributed by atoms with Gasteiger partial charge in [-0.1, -0.05) is 0 Å². The van der Waals surface area contributed by atoms with Crippen molar-refractivity contribution < 1.29 is 9.47 Å². The Balaban J connectivity index is 2.44. The van der Waals surface area contributed by atoms with Crippen LogP contribution >= 0.6 is 0 Å². The van der Waals surface area contributed by atoms with E-state index in [0.29, 0.717) is 0 Å². The van der Waals surface area contributed by atoms with Crippen LogP contribution in [0.25, 0.3) is 0 Å². The van der Waals surface area contributed by atoms with Crippen molar-refractivity contribution in [3.05, 3.63) is 23.3 Å². The summed E-state index contributed by atoms with van der Waals surface area (Å²) in [5.41, 5.74) is 2.65. The summed E-state index contributed by atoms with van der Waals surface area (Å²) in [6.07, 6.45) is 1.05. The van der Waals surface area contributed by atoms with Gasteiger partial charge in [-0.15, -0.1) is 0 Å². The van der Waals surface area contributed by atoms with Crippen molar-refractivity contribution in [2.24, 2.45) is 0 Å². The lowest BCUT2D eigenvalue weighted by atomic mass is 9.98. The van der Waals surface area contributed by atoms with E-state index in [1.54, 1.807) is 14.2 Å². The molecule has 1 aliphatic rings. The Morgan fingerprint density at radius 1 is 1.20 bits per heavy atom. The Labute approximate surface area is 90.6 Å². The molecule has 0 aliphatic carbocycles. The van der Waals surface area contributed by atoms with Gasteiger partial charge in [0, 0.05) is 24.7 Å². The predicted octanol–water partition coefficient (Wildman–Crippen LogP) is 1.69. The van der Waals surface area contributed by atoms with E-state index in [0.717, 1.165) is 31.0 Å². The largest absolute Gasteiger partial charge is 0.497 e. The second kappa shape index (κ2) is 4.11. The van der Waals surface area contributed by atoms with Crippen LogP contribution in [0.4, 0.5) is 0 Å². The van der Waals surface area contributed by atoms with Crippen LogP contribution in [0.15, 0.2) is 12.1 Å². The summed E-state index contributed by atoms with van der Waals surface area (Å²) in [4.78, 5) is 2.31. The van der Waals surface area contributed by atoms with Crippen molar-refractivity contribution in [2.75, 3.05) is 27.8 Å².